The minimum Gasteiger partial charge on any atom is -0.431 e. The molecule has 5 rings (SSSR count). The number of carbonyl (C=O) groups excluding carboxylic acids is 1. The summed E-state index contributed by atoms with van der Waals surface area (Å²) in [7, 11) is 0. The van der Waals surface area contributed by atoms with Crippen molar-refractivity contribution in [3.05, 3.63) is 66.4 Å². The number of oxazole rings is 1. The lowest BCUT2D eigenvalue weighted by Crippen LogP contribution is -2.15. The molecule has 0 spiro atoms. The van der Waals surface area contributed by atoms with Crippen molar-refractivity contribution in [2.24, 2.45) is 0 Å². The molecular weight excluding hydrogens is 416 g/mol. The number of carbonyl (C=O) groups is 1. The third kappa shape index (κ3) is 3.67. The second kappa shape index (κ2) is 7.89. The molecule has 30 heavy (non-hydrogen) atoms. The Kier molecular flexibility index (Phi) is 4.94. The Balaban J connectivity index is 1.32. The zero-order chi connectivity index (χ0) is 20.5. The van der Waals surface area contributed by atoms with Gasteiger partial charge >= 0.3 is 0 Å². The summed E-state index contributed by atoms with van der Waals surface area (Å²) in [6, 6.07) is 17.2. The highest BCUT2D eigenvalue weighted by Gasteiger charge is 2.14. The van der Waals surface area contributed by atoms with Gasteiger partial charge < -0.3 is 9.73 Å². The Morgan fingerprint density at radius 2 is 1.93 bits per heavy atom. The first-order chi connectivity index (χ1) is 14.7. The van der Waals surface area contributed by atoms with Crippen LogP contribution in [0.4, 0.5) is 5.69 Å². The molecule has 0 saturated heterocycles. The summed E-state index contributed by atoms with van der Waals surface area (Å²) in [6.45, 7) is 1.98. The standard InChI is InChI=1S/C22H16N4O2S2/c1-13-14(20-25-17-9-5-11-23-21(17)30-20)6-4-8-15(13)24-19(27)12-29-22-26-16-7-2-3-10-18(16)28-22/h2-11H,12H2,1H3,(H,24,27). The van der Waals surface area contributed by atoms with Crippen LogP contribution in [0.5, 0.6) is 0 Å². The molecule has 0 aliphatic carbocycles. The number of amides is 1. The van der Waals surface area contributed by atoms with Crippen LogP contribution in [0.3, 0.4) is 0 Å². The van der Waals surface area contributed by atoms with Gasteiger partial charge in [-0.05, 0) is 42.8 Å². The van der Waals surface area contributed by atoms with E-state index in [1.807, 2.05) is 61.5 Å². The highest BCUT2D eigenvalue weighted by molar-refractivity contribution is 7.99. The molecule has 1 amide bonds. The van der Waals surface area contributed by atoms with Crippen molar-refractivity contribution in [1.29, 1.82) is 0 Å². The molecule has 3 aromatic heterocycles. The highest BCUT2D eigenvalue weighted by atomic mass is 32.2. The molecule has 0 fully saturated rings. The van der Waals surface area contributed by atoms with E-state index in [0.29, 0.717) is 10.8 Å². The van der Waals surface area contributed by atoms with Crippen LogP contribution in [0, 0.1) is 6.92 Å². The van der Waals surface area contributed by atoms with Crippen LogP contribution in [0.2, 0.25) is 0 Å². The number of benzene rings is 2. The van der Waals surface area contributed by atoms with E-state index in [1.54, 1.807) is 17.5 Å². The van der Waals surface area contributed by atoms with Gasteiger partial charge in [0.1, 0.15) is 20.9 Å². The minimum atomic E-state index is -0.117. The first kappa shape index (κ1) is 18.8. The Bertz CT molecular complexity index is 1310. The summed E-state index contributed by atoms with van der Waals surface area (Å²) >= 11 is 2.82. The van der Waals surface area contributed by atoms with Crippen molar-refractivity contribution in [3.8, 4) is 10.6 Å². The molecule has 2 aromatic carbocycles. The largest absolute Gasteiger partial charge is 0.431 e. The fourth-order valence-electron chi connectivity index (χ4n) is 3.11. The van der Waals surface area contributed by atoms with Crippen LogP contribution in [-0.2, 0) is 4.79 Å². The summed E-state index contributed by atoms with van der Waals surface area (Å²) < 4.78 is 5.66. The average Bonchev–Trinajstić information content (AvgIpc) is 3.37. The van der Waals surface area contributed by atoms with E-state index < -0.39 is 0 Å². The predicted octanol–water partition coefficient (Wildman–Crippen LogP) is 5.54. The van der Waals surface area contributed by atoms with Crippen molar-refractivity contribution in [2.45, 2.75) is 12.1 Å². The van der Waals surface area contributed by atoms with Gasteiger partial charge in [0.2, 0.25) is 5.91 Å². The van der Waals surface area contributed by atoms with Gasteiger partial charge in [0.15, 0.2) is 5.58 Å². The van der Waals surface area contributed by atoms with Gasteiger partial charge in [-0.1, -0.05) is 47.4 Å². The van der Waals surface area contributed by atoms with Gasteiger partial charge in [-0.2, -0.15) is 0 Å². The smallest absolute Gasteiger partial charge is 0.257 e. The molecule has 1 N–H and O–H groups in total. The molecule has 3 heterocycles. The van der Waals surface area contributed by atoms with Crippen molar-refractivity contribution < 1.29 is 9.21 Å². The molecule has 0 radical (unpaired) electrons. The van der Waals surface area contributed by atoms with E-state index in [9.17, 15) is 4.79 Å². The second-order valence-electron chi connectivity index (χ2n) is 6.61. The van der Waals surface area contributed by atoms with E-state index in [4.69, 9.17) is 4.42 Å². The van der Waals surface area contributed by atoms with Gasteiger partial charge in [-0.3, -0.25) is 4.79 Å². The third-order valence-corrected chi connectivity index (χ3v) is 6.45. The number of rotatable bonds is 5. The van der Waals surface area contributed by atoms with Crippen LogP contribution in [0.15, 0.2) is 70.4 Å². The minimum absolute atomic E-state index is 0.117. The molecule has 0 aliphatic rings. The lowest BCUT2D eigenvalue weighted by molar-refractivity contribution is -0.113. The molecule has 0 bridgehead atoms. The quantitative estimate of drug-likeness (QED) is 0.367. The van der Waals surface area contributed by atoms with Crippen LogP contribution < -0.4 is 5.32 Å². The number of nitrogens with one attached hydrogen (secondary N) is 1. The van der Waals surface area contributed by atoms with E-state index in [2.05, 4.69) is 20.3 Å². The number of hydrogen-bond donors (Lipinski definition) is 1. The number of pyridine rings is 1. The number of para-hydroxylation sites is 2. The SMILES string of the molecule is Cc1c(NC(=O)CSc2nc3ccccc3o2)cccc1-c1nc2cccnc2s1. The van der Waals surface area contributed by atoms with Gasteiger partial charge in [0.05, 0.1) is 5.75 Å². The Labute approximate surface area is 180 Å². The van der Waals surface area contributed by atoms with E-state index in [1.165, 1.54) is 11.8 Å². The summed E-state index contributed by atoms with van der Waals surface area (Å²) in [5, 5.41) is 4.36. The molecule has 8 heteroatoms. The zero-order valence-corrected chi connectivity index (χ0v) is 17.6. The van der Waals surface area contributed by atoms with Gasteiger partial charge in [0, 0.05) is 17.4 Å². The predicted molar refractivity (Wildman–Crippen MR) is 121 cm³/mol. The Morgan fingerprint density at radius 3 is 2.80 bits per heavy atom. The molecular formula is C22H16N4O2S2. The second-order valence-corrected chi connectivity index (χ2v) is 8.51. The lowest BCUT2D eigenvalue weighted by atomic mass is 10.1. The Hall–Kier alpha value is -3.23. The number of fused-ring (bicyclic) bond motifs is 2. The molecule has 0 atom stereocenters. The van der Waals surface area contributed by atoms with Crippen molar-refractivity contribution in [2.75, 3.05) is 11.1 Å². The topological polar surface area (TPSA) is 80.9 Å². The Morgan fingerprint density at radius 1 is 1.07 bits per heavy atom. The normalized spacial score (nSPS) is 11.2. The van der Waals surface area contributed by atoms with Crippen LogP contribution in [-0.4, -0.2) is 26.6 Å². The lowest BCUT2D eigenvalue weighted by Gasteiger charge is -2.10. The van der Waals surface area contributed by atoms with Crippen molar-refractivity contribution >= 4 is 56.1 Å². The summed E-state index contributed by atoms with van der Waals surface area (Å²) in [5.74, 6) is 0.0927. The summed E-state index contributed by atoms with van der Waals surface area (Å²) in [4.78, 5) is 26.8. The fourth-order valence-corrected chi connectivity index (χ4v) is 4.74. The first-order valence-corrected chi connectivity index (χ1v) is 11.1. The molecule has 5 aromatic rings. The molecule has 0 saturated carbocycles. The van der Waals surface area contributed by atoms with E-state index in [-0.39, 0.29) is 11.7 Å². The number of nitrogens with zero attached hydrogens (tertiary/aromatic N) is 3. The fraction of sp³-hybridized carbons (Fsp3) is 0.0909. The van der Waals surface area contributed by atoms with Crippen LogP contribution >= 0.6 is 23.1 Å². The number of aromatic nitrogens is 3. The maximum Gasteiger partial charge on any atom is 0.257 e. The maximum atomic E-state index is 12.5. The maximum absolute atomic E-state index is 12.5. The van der Waals surface area contributed by atoms with Crippen molar-refractivity contribution in [1.82, 2.24) is 15.0 Å². The molecule has 148 valence electrons. The van der Waals surface area contributed by atoms with Gasteiger partial charge in [-0.15, -0.1) is 0 Å². The number of thiazole rings is 1. The van der Waals surface area contributed by atoms with Crippen LogP contribution in [0.1, 0.15) is 5.56 Å². The first-order valence-electron chi connectivity index (χ1n) is 9.27. The van der Waals surface area contributed by atoms with Crippen molar-refractivity contribution in [3.63, 3.8) is 0 Å². The average molecular weight is 433 g/mol. The van der Waals surface area contributed by atoms with E-state index in [0.717, 1.165) is 37.7 Å². The van der Waals surface area contributed by atoms with Gasteiger partial charge in [0.25, 0.3) is 5.22 Å². The van der Waals surface area contributed by atoms with E-state index >= 15 is 0 Å². The molecule has 6 nitrogen and oxygen atoms in total. The highest BCUT2D eigenvalue weighted by Crippen LogP contribution is 2.33. The van der Waals surface area contributed by atoms with Crippen LogP contribution in [0.25, 0.3) is 32.0 Å². The number of thioether (sulfide) groups is 1. The number of hydrogen-bond acceptors (Lipinski definition) is 7. The number of anilines is 1. The monoisotopic (exact) mass is 432 g/mol. The third-order valence-electron chi connectivity index (χ3n) is 4.61. The zero-order valence-electron chi connectivity index (χ0n) is 16.0. The summed E-state index contributed by atoms with van der Waals surface area (Å²) in [5.41, 5.74) is 5.10. The van der Waals surface area contributed by atoms with Gasteiger partial charge in [-0.25, -0.2) is 15.0 Å². The summed E-state index contributed by atoms with van der Waals surface area (Å²) in [6.07, 6.45) is 1.77. The molecule has 0 aliphatic heterocycles. The molecule has 0 unspecified atom stereocenters.